The number of piperidine rings is 2. The topological polar surface area (TPSA) is 72.9 Å². The van der Waals surface area contributed by atoms with Crippen molar-refractivity contribution < 1.29 is 14.7 Å². The molecule has 6 nitrogen and oxygen atoms in total. The van der Waals surface area contributed by atoms with Gasteiger partial charge in [-0.05, 0) is 18.4 Å². The first-order chi connectivity index (χ1) is 12.5. The van der Waals surface area contributed by atoms with Crippen LogP contribution < -0.4 is 5.32 Å². The Kier molecular flexibility index (Phi) is 3.46. The second-order valence-corrected chi connectivity index (χ2v) is 8.59. The molecule has 1 aromatic carbocycles. The molecule has 6 heteroatoms. The van der Waals surface area contributed by atoms with Crippen LogP contribution in [0.1, 0.15) is 18.4 Å². The molecular formula is C20H25N3O3. The molecule has 1 aliphatic carbocycles. The van der Waals surface area contributed by atoms with E-state index in [2.05, 4.69) is 39.4 Å². The van der Waals surface area contributed by atoms with E-state index in [1.165, 1.54) is 5.56 Å². The van der Waals surface area contributed by atoms with Gasteiger partial charge < -0.3 is 20.2 Å². The maximum Gasteiger partial charge on any atom is 0.319 e. The minimum absolute atomic E-state index is 0.000162. The Morgan fingerprint density at radius 2 is 1.65 bits per heavy atom. The summed E-state index contributed by atoms with van der Waals surface area (Å²) in [5, 5.41) is 12.7. The number of aliphatic carboxylic acids is 1. The summed E-state index contributed by atoms with van der Waals surface area (Å²) >= 11 is 0. The zero-order valence-electron chi connectivity index (χ0n) is 14.9. The fraction of sp³-hybridized carbons (Fsp3) is 0.600. The Bertz CT molecular complexity index is 730. The highest BCUT2D eigenvalue weighted by molar-refractivity contribution is 6.05. The quantitative estimate of drug-likeness (QED) is 0.771. The van der Waals surface area contributed by atoms with E-state index in [0.29, 0.717) is 18.8 Å². The van der Waals surface area contributed by atoms with Crippen molar-refractivity contribution in [3.8, 4) is 0 Å². The number of hydrogen-bond donors (Lipinski definition) is 2. The lowest BCUT2D eigenvalue weighted by atomic mass is 9.64. The maximum atomic E-state index is 12.9. The van der Waals surface area contributed by atoms with Crippen LogP contribution >= 0.6 is 0 Å². The number of nitrogens with one attached hydrogen (secondary N) is 1. The van der Waals surface area contributed by atoms with Gasteiger partial charge in [-0.3, -0.25) is 9.59 Å². The zero-order valence-corrected chi connectivity index (χ0v) is 14.9. The van der Waals surface area contributed by atoms with Crippen molar-refractivity contribution in [1.82, 2.24) is 15.1 Å². The second-order valence-electron chi connectivity index (χ2n) is 8.59. The molecular weight excluding hydrogens is 330 g/mol. The number of rotatable bonds is 4. The normalized spacial score (nSPS) is 39.2. The van der Waals surface area contributed by atoms with Crippen molar-refractivity contribution >= 4 is 11.9 Å². The summed E-state index contributed by atoms with van der Waals surface area (Å²) in [5.74, 6) is -0.910. The van der Waals surface area contributed by atoms with Crippen LogP contribution in [0.4, 0.5) is 0 Å². The summed E-state index contributed by atoms with van der Waals surface area (Å²) in [6.45, 7) is 5.96. The molecule has 2 N–H and O–H groups in total. The number of fused-ring (bicyclic) bond motifs is 1. The minimum atomic E-state index is -1.18. The van der Waals surface area contributed by atoms with E-state index in [-0.39, 0.29) is 17.4 Å². The zero-order chi connectivity index (χ0) is 17.9. The number of nitrogens with zero attached hydrogens (tertiary/aromatic N) is 2. The first-order valence-electron chi connectivity index (χ1n) is 9.58. The maximum absolute atomic E-state index is 12.9. The van der Waals surface area contributed by atoms with Gasteiger partial charge in [-0.25, -0.2) is 0 Å². The largest absolute Gasteiger partial charge is 0.480 e. The summed E-state index contributed by atoms with van der Waals surface area (Å²) in [6, 6.07) is 10.5. The predicted octanol–water partition coefficient (Wildman–Crippen LogP) is 0.535. The van der Waals surface area contributed by atoms with E-state index < -0.39 is 11.4 Å². The van der Waals surface area contributed by atoms with Gasteiger partial charge in [0, 0.05) is 56.6 Å². The van der Waals surface area contributed by atoms with Gasteiger partial charge in [0.2, 0.25) is 5.91 Å². The molecule has 1 saturated carbocycles. The van der Waals surface area contributed by atoms with Crippen LogP contribution in [0.25, 0.3) is 0 Å². The molecule has 0 spiro atoms. The number of amides is 1. The molecule has 3 atom stereocenters. The van der Waals surface area contributed by atoms with E-state index in [4.69, 9.17) is 0 Å². The molecule has 138 valence electrons. The average molecular weight is 355 g/mol. The van der Waals surface area contributed by atoms with Crippen LogP contribution in [0.3, 0.4) is 0 Å². The van der Waals surface area contributed by atoms with E-state index in [9.17, 15) is 14.7 Å². The van der Waals surface area contributed by atoms with Crippen LogP contribution in [0, 0.1) is 11.3 Å². The Labute approximate surface area is 153 Å². The summed E-state index contributed by atoms with van der Waals surface area (Å²) < 4.78 is 0. The van der Waals surface area contributed by atoms with Gasteiger partial charge in [-0.2, -0.15) is 0 Å². The van der Waals surface area contributed by atoms with Crippen LogP contribution in [0.5, 0.6) is 0 Å². The Morgan fingerprint density at radius 1 is 1.04 bits per heavy atom. The van der Waals surface area contributed by atoms with Crippen molar-refractivity contribution in [2.45, 2.75) is 24.3 Å². The lowest BCUT2D eigenvalue weighted by Crippen LogP contribution is -2.71. The number of benzene rings is 1. The van der Waals surface area contributed by atoms with E-state index in [1.807, 2.05) is 6.07 Å². The summed E-state index contributed by atoms with van der Waals surface area (Å²) in [6.07, 6.45) is 0.921. The molecule has 4 aliphatic heterocycles. The Morgan fingerprint density at radius 3 is 2.19 bits per heavy atom. The summed E-state index contributed by atoms with van der Waals surface area (Å²) in [4.78, 5) is 29.6. The summed E-state index contributed by atoms with van der Waals surface area (Å²) in [7, 11) is 0. The fourth-order valence-electron chi connectivity index (χ4n) is 5.51. The molecule has 4 bridgehead atoms. The fourth-order valence-corrected chi connectivity index (χ4v) is 5.51. The standard InChI is InChI=1S/C20H25N3O3/c24-17(19(6-7-19)18(25)26)21-16-14-10-22-8-9-23(11-14)13-20(16,12-22)15-4-2-1-3-5-15/h1-5,14,16H,6-13H2,(H,21,24)(H,25,26)/t14?,16-,20?/m0/s1. The smallest absolute Gasteiger partial charge is 0.319 e. The van der Waals surface area contributed by atoms with Crippen LogP contribution in [0.2, 0.25) is 0 Å². The van der Waals surface area contributed by atoms with Gasteiger partial charge >= 0.3 is 5.97 Å². The molecule has 4 heterocycles. The molecule has 5 fully saturated rings. The van der Waals surface area contributed by atoms with Gasteiger partial charge in [0.05, 0.1) is 0 Å². The van der Waals surface area contributed by atoms with Crippen LogP contribution in [-0.4, -0.2) is 72.1 Å². The third-order valence-corrected chi connectivity index (χ3v) is 7.03. The number of carboxylic acids is 1. The molecule has 2 unspecified atom stereocenters. The highest BCUT2D eigenvalue weighted by Crippen LogP contribution is 2.48. The molecule has 1 amide bonds. The lowest BCUT2D eigenvalue weighted by Gasteiger charge is -2.56. The monoisotopic (exact) mass is 355 g/mol. The number of carbonyl (C=O) groups excluding carboxylic acids is 1. The SMILES string of the molecule is O=C(O)C1(C(=O)N[C@H]2C3CN4CCN(C3)CC2(c2ccccc2)C4)CC1. The first-order valence-corrected chi connectivity index (χ1v) is 9.58. The van der Waals surface area contributed by atoms with E-state index in [1.54, 1.807) is 0 Å². The van der Waals surface area contributed by atoms with Gasteiger partial charge in [0.25, 0.3) is 0 Å². The van der Waals surface area contributed by atoms with Gasteiger partial charge in [0.1, 0.15) is 5.41 Å². The van der Waals surface area contributed by atoms with Crippen LogP contribution in [0.15, 0.2) is 30.3 Å². The molecule has 6 rings (SSSR count). The molecule has 4 saturated heterocycles. The second kappa shape index (κ2) is 5.54. The van der Waals surface area contributed by atoms with Crippen molar-refractivity contribution in [2.24, 2.45) is 11.3 Å². The first kappa shape index (κ1) is 16.3. The van der Waals surface area contributed by atoms with Gasteiger partial charge in [-0.15, -0.1) is 0 Å². The van der Waals surface area contributed by atoms with E-state index >= 15 is 0 Å². The van der Waals surface area contributed by atoms with Crippen molar-refractivity contribution in [3.63, 3.8) is 0 Å². The summed E-state index contributed by atoms with van der Waals surface area (Å²) in [5.41, 5.74) is -0.0847. The predicted molar refractivity (Wildman–Crippen MR) is 95.7 cm³/mol. The van der Waals surface area contributed by atoms with Crippen molar-refractivity contribution in [3.05, 3.63) is 35.9 Å². The number of carboxylic acid groups (broad SMARTS) is 1. The molecule has 1 aromatic rings. The van der Waals surface area contributed by atoms with Crippen molar-refractivity contribution in [1.29, 1.82) is 0 Å². The van der Waals surface area contributed by atoms with Gasteiger partial charge in [-0.1, -0.05) is 30.3 Å². The highest BCUT2D eigenvalue weighted by atomic mass is 16.4. The molecule has 5 aliphatic rings. The Hall–Kier alpha value is -1.92. The van der Waals surface area contributed by atoms with Crippen LogP contribution in [-0.2, 0) is 15.0 Å². The highest BCUT2D eigenvalue weighted by Gasteiger charge is 2.61. The average Bonchev–Trinajstić information content (AvgIpc) is 3.45. The van der Waals surface area contributed by atoms with Gasteiger partial charge in [0.15, 0.2) is 0 Å². The Balaban J connectivity index is 1.53. The minimum Gasteiger partial charge on any atom is -0.480 e. The van der Waals surface area contributed by atoms with Crippen molar-refractivity contribution in [2.75, 3.05) is 39.3 Å². The van der Waals surface area contributed by atoms with E-state index in [0.717, 1.165) is 39.3 Å². The molecule has 0 radical (unpaired) electrons. The number of hydrogen-bond acceptors (Lipinski definition) is 4. The molecule has 0 aromatic heterocycles. The lowest BCUT2D eigenvalue weighted by molar-refractivity contribution is -0.150. The third kappa shape index (κ3) is 2.25. The third-order valence-electron chi connectivity index (χ3n) is 7.03. The number of carbonyl (C=O) groups is 2. The molecule has 26 heavy (non-hydrogen) atoms.